The largest absolute Gasteiger partial charge is 0.454 e. The average Bonchev–Trinajstić information content (AvgIpc) is 2.94. The number of rotatable bonds is 4. The number of carbonyl (C=O) groups is 2. The number of pyridine rings is 1. The molecule has 0 N–H and O–H groups in total. The molecule has 0 saturated carbocycles. The number of carbonyl (C=O) groups excluding carboxylic acids is 2. The van der Waals surface area contributed by atoms with Crippen molar-refractivity contribution in [3.63, 3.8) is 0 Å². The maximum atomic E-state index is 12.6. The number of fused-ring (bicyclic) bond motifs is 1. The van der Waals surface area contributed by atoms with E-state index in [9.17, 15) is 19.6 Å². The van der Waals surface area contributed by atoms with Crippen LogP contribution in [0.3, 0.4) is 0 Å². The molecule has 8 heteroatoms. The number of hydrogen-bond donors (Lipinski definition) is 0. The Morgan fingerprint density at radius 1 is 1.07 bits per heavy atom. The van der Waals surface area contributed by atoms with Crippen LogP contribution in [0.1, 0.15) is 10.4 Å². The van der Waals surface area contributed by atoms with E-state index in [2.05, 4.69) is 0 Å². The fraction of sp³-hybridized carbons (Fsp3) is 0.200. The molecule has 2 heterocycles. The molecule has 0 spiro atoms. The van der Waals surface area contributed by atoms with E-state index in [1.54, 1.807) is 30.9 Å². The molecule has 3 rings (SSSR count). The first-order chi connectivity index (χ1) is 13.3. The van der Waals surface area contributed by atoms with Gasteiger partial charge in [0.2, 0.25) is 5.78 Å². The van der Waals surface area contributed by atoms with Crippen LogP contribution in [0.15, 0.2) is 58.8 Å². The van der Waals surface area contributed by atoms with Crippen LogP contribution < -0.4 is 15.4 Å². The van der Waals surface area contributed by atoms with Crippen molar-refractivity contribution in [2.45, 2.75) is 0 Å². The predicted molar refractivity (Wildman–Crippen MR) is 103 cm³/mol. The van der Waals surface area contributed by atoms with Gasteiger partial charge in [-0.25, -0.2) is 4.79 Å². The highest BCUT2D eigenvalue weighted by Gasteiger charge is 2.31. The molecule has 0 bridgehead atoms. The SMILES string of the molecule is CN1C(=C(C#N)C(=O)COC(=O)c2ccn(C)c(=O)c2)N(C)c2ccccc21. The zero-order valence-electron chi connectivity index (χ0n) is 15.7. The van der Waals surface area contributed by atoms with E-state index in [-0.39, 0.29) is 16.7 Å². The number of para-hydroxylation sites is 2. The second-order valence-corrected chi connectivity index (χ2v) is 6.28. The van der Waals surface area contributed by atoms with Crippen molar-refractivity contribution in [2.24, 2.45) is 7.05 Å². The van der Waals surface area contributed by atoms with Gasteiger partial charge in [0, 0.05) is 33.4 Å². The summed E-state index contributed by atoms with van der Waals surface area (Å²) in [6.07, 6.45) is 1.43. The molecule has 0 saturated heterocycles. The minimum Gasteiger partial charge on any atom is -0.454 e. The van der Waals surface area contributed by atoms with E-state index >= 15 is 0 Å². The molecule has 0 aliphatic carbocycles. The predicted octanol–water partition coefficient (Wildman–Crippen LogP) is 1.43. The van der Waals surface area contributed by atoms with Crippen molar-refractivity contribution in [3.05, 3.63) is 69.9 Å². The van der Waals surface area contributed by atoms with Crippen LogP contribution in [0.5, 0.6) is 0 Å². The topological polar surface area (TPSA) is 95.6 Å². The maximum absolute atomic E-state index is 12.6. The van der Waals surface area contributed by atoms with Crippen LogP contribution >= 0.6 is 0 Å². The molecule has 0 radical (unpaired) electrons. The average molecular weight is 378 g/mol. The first kappa shape index (κ1) is 18.9. The van der Waals surface area contributed by atoms with E-state index in [0.717, 1.165) is 17.4 Å². The van der Waals surface area contributed by atoms with Crippen molar-refractivity contribution in [3.8, 4) is 6.07 Å². The van der Waals surface area contributed by atoms with E-state index in [1.165, 1.54) is 16.8 Å². The molecule has 28 heavy (non-hydrogen) atoms. The molecule has 1 aliphatic heterocycles. The standard InChI is InChI=1S/C20H18N4O4/c1-22-9-8-13(10-18(22)26)20(27)28-12-17(25)14(11-21)19-23(2)15-6-4-5-7-16(15)24(19)3/h4-10H,12H2,1-3H3. The Morgan fingerprint density at radius 3 is 2.21 bits per heavy atom. The van der Waals surface area contributed by atoms with Crippen LogP contribution in [-0.2, 0) is 16.6 Å². The quantitative estimate of drug-likeness (QED) is 0.451. The van der Waals surface area contributed by atoms with Crippen LogP contribution in [-0.4, -0.2) is 37.0 Å². The number of esters is 1. The Balaban J connectivity index is 1.80. The molecule has 0 fully saturated rings. The third-order valence-electron chi connectivity index (χ3n) is 4.53. The molecule has 8 nitrogen and oxygen atoms in total. The fourth-order valence-electron chi connectivity index (χ4n) is 3.02. The van der Waals surface area contributed by atoms with Crippen LogP contribution in [0.2, 0.25) is 0 Å². The number of aromatic nitrogens is 1. The van der Waals surface area contributed by atoms with Crippen molar-refractivity contribution in [2.75, 3.05) is 30.5 Å². The Kier molecular flexibility index (Phi) is 5.00. The van der Waals surface area contributed by atoms with E-state index in [0.29, 0.717) is 5.82 Å². The smallest absolute Gasteiger partial charge is 0.338 e. The molecule has 1 aliphatic rings. The summed E-state index contributed by atoms with van der Waals surface area (Å²) in [6.45, 7) is -0.599. The summed E-state index contributed by atoms with van der Waals surface area (Å²) in [6, 6.07) is 12.0. The third kappa shape index (κ3) is 3.25. The number of ether oxygens (including phenoxy) is 1. The van der Waals surface area contributed by atoms with Crippen LogP contribution in [0, 0.1) is 11.3 Å². The van der Waals surface area contributed by atoms with Gasteiger partial charge in [0.1, 0.15) is 17.5 Å². The van der Waals surface area contributed by atoms with Crippen molar-refractivity contribution < 1.29 is 14.3 Å². The molecule has 1 aromatic carbocycles. The minimum atomic E-state index is -0.801. The fourth-order valence-corrected chi connectivity index (χ4v) is 3.02. The number of anilines is 2. The molecule has 0 amide bonds. The third-order valence-corrected chi connectivity index (χ3v) is 4.53. The van der Waals surface area contributed by atoms with Gasteiger partial charge in [-0.1, -0.05) is 12.1 Å². The van der Waals surface area contributed by atoms with Gasteiger partial charge in [0.15, 0.2) is 6.61 Å². The molecule has 142 valence electrons. The first-order valence-electron chi connectivity index (χ1n) is 8.43. The Morgan fingerprint density at radius 2 is 1.68 bits per heavy atom. The summed E-state index contributed by atoms with van der Waals surface area (Å²) < 4.78 is 6.32. The monoisotopic (exact) mass is 378 g/mol. The zero-order chi connectivity index (χ0) is 20.4. The zero-order valence-corrected chi connectivity index (χ0v) is 15.7. The van der Waals surface area contributed by atoms with Crippen LogP contribution in [0.4, 0.5) is 11.4 Å². The molecular formula is C20H18N4O4. The van der Waals surface area contributed by atoms with Gasteiger partial charge in [0.05, 0.1) is 16.9 Å². The second-order valence-electron chi connectivity index (χ2n) is 6.28. The van der Waals surface area contributed by atoms with Gasteiger partial charge >= 0.3 is 5.97 Å². The lowest BCUT2D eigenvalue weighted by atomic mass is 10.2. The lowest BCUT2D eigenvalue weighted by Gasteiger charge is -2.19. The lowest BCUT2D eigenvalue weighted by molar-refractivity contribution is -0.118. The summed E-state index contributed by atoms with van der Waals surface area (Å²) in [4.78, 5) is 39.8. The lowest BCUT2D eigenvalue weighted by Crippen LogP contribution is -2.28. The first-order valence-corrected chi connectivity index (χ1v) is 8.43. The number of nitrogens with zero attached hydrogens (tertiary/aromatic N) is 4. The minimum absolute atomic E-state index is 0.0459. The molecule has 2 aromatic rings. The maximum Gasteiger partial charge on any atom is 0.338 e. The number of benzene rings is 1. The number of nitriles is 1. The van der Waals surface area contributed by atoms with E-state index in [4.69, 9.17) is 4.74 Å². The van der Waals surface area contributed by atoms with Gasteiger partial charge in [-0.2, -0.15) is 5.26 Å². The number of hydrogen-bond acceptors (Lipinski definition) is 7. The Labute approximate surface area is 161 Å². The summed E-state index contributed by atoms with van der Waals surface area (Å²) in [5.41, 5.74) is 1.28. The number of Topliss-reactive ketones (excluding diaryl/α,β-unsaturated/α-hetero) is 1. The van der Waals surface area contributed by atoms with Gasteiger partial charge in [-0.3, -0.25) is 9.59 Å². The van der Waals surface area contributed by atoms with Crippen molar-refractivity contribution in [1.29, 1.82) is 5.26 Å². The second kappa shape index (κ2) is 7.40. The van der Waals surface area contributed by atoms with Crippen molar-refractivity contribution >= 4 is 23.1 Å². The molecular weight excluding hydrogens is 360 g/mol. The summed E-state index contributed by atoms with van der Waals surface area (Å²) in [5.74, 6) is -1.01. The highest BCUT2D eigenvalue weighted by Crippen LogP contribution is 2.40. The van der Waals surface area contributed by atoms with Crippen LogP contribution in [0.25, 0.3) is 0 Å². The highest BCUT2D eigenvalue weighted by atomic mass is 16.5. The van der Waals surface area contributed by atoms with Crippen molar-refractivity contribution in [1.82, 2.24) is 4.57 Å². The van der Waals surface area contributed by atoms with Gasteiger partial charge in [0.25, 0.3) is 5.56 Å². The van der Waals surface area contributed by atoms with Gasteiger partial charge in [-0.05, 0) is 18.2 Å². The Hall–Kier alpha value is -3.86. The summed E-state index contributed by atoms with van der Waals surface area (Å²) in [5, 5.41) is 9.55. The highest BCUT2D eigenvalue weighted by molar-refractivity contribution is 6.04. The molecule has 0 atom stereocenters. The van der Waals surface area contributed by atoms with Gasteiger partial charge in [-0.15, -0.1) is 0 Å². The summed E-state index contributed by atoms with van der Waals surface area (Å²) >= 11 is 0. The van der Waals surface area contributed by atoms with E-state index in [1.807, 2.05) is 30.3 Å². The molecule has 1 aromatic heterocycles. The number of ketones is 1. The normalized spacial score (nSPS) is 12.4. The summed E-state index contributed by atoms with van der Waals surface area (Å²) in [7, 11) is 5.07. The Bertz CT molecular complexity index is 1060. The van der Waals surface area contributed by atoms with E-state index < -0.39 is 18.4 Å². The number of aryl methyl sites for hydroxylation is 1. The molecule has 0 unspecified atom stereocenters. The van der Waals surface area contributed by atoms with Gasteiger partial charge < -0.3 is 19.1 Å².